The van der Waals surface area contributed by atoms with Crippen molar-refractivity contribution < 1.29 is 28.7 Å². The molecule has 66 heavy (non-hydrogen) atoms. The minimum atomic E-state index is -1.24. The summed E-state index contributed by atoms with van der Waals surface area (Å²) >= 11 is 0. The normalized spacial score (nSPS) is 24.8. The van der Waals surface area contributed by atoms with Crippen molar-refractivity contribution in [1.29, 1.82) is 0 Å². The van der Waals surface area contributed by atoms with Gasteiger partial charge in [-0.15, -0.1) is 22.8 Å². The van der Waals surface area contributed by atoms with Gasteiger partial charge in [0.25, 0.3) is 0 Å². The van der Waals surface area contributed by atoms with Crippen molar-refractivity contribution in [2.45, 2.75) is 154 Å². The van der Waals surface area contributed by atoms with Crippen LogP contribution < -0.4 is 9.97 Å². The van der Waals surface area contributed by atoms with E-state index in [-0.39, 0.29) is 77.3 Å². The molecule has 356 valence electrons. The summed E-state index contributed by atoms with van der Waals surface area (Å²) in [5, 5.41) is 10.3. The number of carbonyl (C=O) groups excluding carboxylic acids is 4. The third-order valence-electron chi connectivity index (χ3n) is 14.2. The van der Waals surface area contributed by atoms with Crippen LogP contribution in [0.1, 0.15) is 195 Å². The molecule has 4 aliphatic rings. The first-order valence-corrected chi connectivity index (χ1v) is 24.4. The minimum absolute atomic E-state index is 0. The van der Waals surface area contributed by atoms with Gasteiger partial charge < -0.3 is 30.1 Å². The zero-order chi connectivity index (χ0) is 47.9. The average molecular weight is 914 g/mol. The molecule has 5 heterocycles. The quantitative estimate of drug-likeness (QED) is 0.0502. The molecule has 1 aliphatic carbocycles. The molecule has 0 spiro atoms. The van der Waals surface area contributed by atoms with Crippen LogP contribution >= 0.6 is 0 Å². The molecule has 0 N–H and O–H groups in total. The fourth-order valence-electron chi connectivity index (χ4n) is 9.64. The standard InChI is InChI=1S/C50H66N4O6.C5H12.Mg/c1-12-34-29(6)36-25-41-43(33(10)55)31(8)38(52-41)23-37-30(7)35(19-20-42(56)60-22-21-28(5)18-14-17-27(4)16-13-15-26(2)3)47(53-37)45-46(50(58)59-11)49(57)44-32(9)39(54-48(44)45)24-40(34)51-36;1-4-5(2)3;/h21,23-27,29-30,34-35,46H,12-20,22H2,1-11H3,(H2-2,51,52,53,54,55,57);5H,4H2,1-3H3;/q-2;;+2/p-2/b28-21+,37-23-,40-24-;;/t27-,29-,30+,34-,35+,46-;;/m1../s1. The zero-order valence-corrected chi connectivity index (χ0v) is 44.1. The van der Waals surface area contributed by atoms with E-state index in [0.717, 1.165) is 48.1 Å². The second-order valence-corrected chi connectivity index (χ2v) is 19.9. The Morgan fingerprint density at radius 1 is 0.773 bits per heavy atom. The van der Waals surface area contributed by atoms with Crippen LogP contribution in [-0.2, 0) is 19.1 Å². The van der Waals surface area contributed by atoms with Crippen molar-refractivity contribution in [2.75, 3.05) is 13.7 Å². The van der Waals surface area contributed by atoms with Gasteiger partial charge in [-0.2, -0.15) is 22.8 Å². The molecule has 2 aromatic heterocycles. The van der Waals surface area contributed by atoms with Crippen LogP contribution in [0.2, 0.25) is 0 Å². The number of nitrogens with zero attached hydrogens (tertiary/aromatic N) is 4. The Bertz CT molecular complexity index is 2250. The van der Waals surface area contributed by atoms with Gasteiger partial charge >= 0.3 is 35.0 Å². The molecule has 2 fully saturated rings. The van der Waals surface area contributed by atoms with Crippen LogP contribution in [0.5, 0.6) is 0 Å². The van der Waals surface area contributed by atoms with E-state index in [1.165, 1.54) is 44.8 Å². The molecule has 0 unspecified atom stereocenters. The van der Waals surface area contributed by atoms with Gasteiger partial charge in [0, 0.05) is 17.5 Å². The summed E-state index contributed by atoms with van der Waals surface area (Å²) in [6, 6.07) is 0. The first-order chi connectivity index (χ1) is 30.8. The first-order valence-electron chi connectivity index (χ1n) is 24.4. The number of methoxy groups -OCH3 is 1. The number of Topliss-reactive ketones (excluding diaryl/α,β-unsaturated/α-hetero) is 2. The van der Waals surface area contributed by atoms with Crippen molar-refractivity contribution in [3.63, 3.8) is 0 Å². The van der Waals surface area contributed by atoms with Gasteiger partial charge in [-0.25, -0.2) is 0 Å². The van der Waals surface area contributed by atoms with Crippen molar-refractivity contribution >= 4 is 70.4 Å². The van der Waals surface area contributed by atoms with E-state index in [4.69, 9.17) is 30.1 Å². The van der Waals surface area contributed by atoms with E-state index < -0.39 is 11.9 Å². The number of ether oxygens (including phenoxy) is 2. The number of hydrogen-bond donors (Lipinski definition) is 0. The maximum Gasteiger partial charge on any atom is 2.00 e. The molecule has 11 heteroatoms. The van der Waals surface area contributed by atoms with Gasteiger partial charge in [-0.05, 0) is 94.5 Å². The summed E-state index contributed by atoms with van der Waals surface area (Å²) in [4.78, 5) is 64.4. The Morgan fingerprint density at radius 3 is 2.00 bits per heavy atom. The van der Waals surface area contributed by atoms with Crippen LogP contribution in [0, 0.1) is 61.2 Å². The number of aromatic nitrogens is 2. The molecular weight excluding hydrogens is 837 g/mol. The number of fused-ring (bicyclic) bond motifs is 7. The molecule has 2 saturated heterocycles. The second-order valence-electron chi connectivity index (χ2n) is 19.9. The van der Waals surface area contributed by atoms with Crippen molar-refractivity contribution in [3.05, 3.63) is 90.1 Å². The van der Waals surface area contributed by atoms with Gasteiger partial charge in [0.2, 0.25) is 0 Å². The molecule has 2 aromatic rings. The third kappa shape index (κ3) is 12.5. The van der Waals surface area contributed by atoms with Crippen LogP contribution in [0.4, 0.5) is 0 Å². The topological polar surface area (TPSA) is 143 Å². The van der Waals surface area contributed by atoms with E-state index in [0.29, 0.717) is 68.8 Å². The van der Waals surface area contributed by atoms with Crippen LogP contribution in [0.3, 0.4) is 0 Å². The maximum atomic E-state index is 14.3. The van der Waals surface area contributed by atoms with E-state index in [1.807, 2.05) is 45.1 Å². The van der Waals surface area contributed by atoms with Crippen molar-refractivity contribution in [2.24, 2.45) is 47.3 Å². The molecular formula is C55H76MgN4O6-2. The van der Waals surface area contributed by atoms with Crippen LogP contribution in [-0.4, -0.2) is 60.3 Å². The smallest absolute Gasteiger partial charge is 0.664 e. The molecule has 6 atom stereocenters. The molecule has 8 bridgehead atoms. The SMILES string of the molecule is CCC(C)C.CC[C@H]1/C2=C/c3[n-]c4c(c3C)C(=O)[C@H](C(=O)OC)/C4=C3/[N-]/C(=C\c4[n-]c(c(C(C)=O)c4C)/C=C(\[N-]2)[C@@H]1C)[C@@H](C)[C@@H]3CCC(=O)OC/C=C(\C)CCC[C@H](C)CCCC(C)C.[Mg+2]. The Morgan fingerprint density at radius 2 is 1.38 bits per heavy atom. The van der Waals surface area contributed by atoms with Gasteiger partial charge in [0.15, 0.2) is 11.6 Å². The Kier molecular flexibility index (Phi) is 20.0. The Labute approximate surface area is 412 Å². The summed E-state index contributed by atoms with van der Waals surface area (Å²) in [6.07, 6.45) is 17.5. The summed E-state index contributed by atoms with van der Waals surface area (Å²) in [7, 11) is 1.28. The predicted octanol–water partition coefficient (Wildman–Crippen LogP) is 13.1. The number of carbonyl (C=O) groups is 4. The molecule has 0 aromatic carbocycles. The molecule has 0 radical (unpaired) electrons. The van der Waals surface area contributed by atoms with E-state index in [2.05, 4.69) is 62.3 Å². The number of hydrogen-bond acceptors (Lipinski definition) is 6. The van der Waals surface area contributed by atoms with Gasteiger partial charge in [0.1, 0.15) is 12.5 Å². The largest absolute Gasteiger partial charge is 2.00 e. The zero-order valence-electron chi connectivity index (χ0n) is 42.7. The number of ketones is 2. The summed E-state index contributed by atoms with van der Waals surface area (Å²) in [6.45, 7) is 27.4. The predicted molar refractivity (Wildman–Crippen MR) is 269 cm³/mol. The summed E-state index contributed by atoms with van der Waals surface area (Å²) in [5.41, 5.74) is 9.08. The van der Waals surface area contributed by atoms with E-state index >= 15 is 0 Å². The first kappa shape index (κ1) is 54.5. The molecule has 0 amide bonds. The maximum absolute atomic E-state index is 14.3. The Balaban J connectivity index is 0.00000150. The number of allylic oxidation sites excluding steroid dienone is 5. The Hall–Kier alpha value is -4.09. The fraction of sp³-hybridized carbons (Fsp3) is 0.600. The van der Waals surface area contributed by atoms with Crippen molar-refractivity contribution in [3.8, 4) is 0 Å². The monoisotopic (exact) mass is 913 g/mol. The number of esters is 2. The summed E-state index contributed by atoms with van der Waals surface area (Å²) < 4.78 is 11.0. The average Bonchev–Trinajstić information content (AvgIpc) is 4.00. The van der Waals surface area contributed by atoms with Gasteiger partial charge in [0.05, 0.1) is 7.11 Å². The number of rotatable bonds is 17. The van der Waals surface area contributed by atoms with Gasteiger partial charge in [-0.1, -0.05) is 141 Å². The third-order valence-corrected chi connectivity index (χ3v) is 14.2. The van der Waals surface area contributed by atoms with Crippen molar-refractivity contribution in [1.82, 2.24) is 9.97 Å². The van der Waals surface area contributed by atoms with E-state index in [1.54, 1.807) is 6.92 Å². The second kappa shape index (κ2) is 24.3. The van der Waals surface area contributed by atoms with Crippen LogP contribution in [0.15, 0.2) is 34.4 Å². The molecule has 3 aliphatic heterocycles. The van der Waals surface area contributed by atoms with Crippen LogP contribution in [0.25, 0.3) is 34.4 Å². The molecule has 10 nitrogen and oxygen atoms in total. The minimum Gasteiger partial charge on any atom is -0.664 e. The van der Waals surface area contributed by atoms with Gasteiger partial charge in [-0.3, -0.25) is 19.2 Å². The molecule has 0 saturated carbocycles. The molecule has 6 rings (SSSR count). The fourth-order valence-corrected chi connectivity index (χ4v) is 9.64. The van der Waals surface area contributed by atoms with E-state index in [9.17, 15) is 19.2 Å². The summed E-state index contributed by atoms with van der Waals surface area (Å²) in [5.74, 6) is -0.829.